The van der Waals surface area contributed by atoms with E-state index in [0.717, 1.165) is 11.4 Å². The lowest BCUT2D eigenvalue weighted by Gasteiger charge is -2.44. The van der Waals surface area contributed by atoms with Gasteiger partial charge in [-0.15, -0.1) is 0 Å². The number of nitrogens with zero attached hydrogens (tertiary/aromatic N) is 3. The average molecular weight is 768 g/mol. The first kappa shape index (κ1) is 34.7. The fraction of sp³-hybridized carbons (Fsp3) is 0.0714. The fourth-order valence-corrected chi connectivity index (χ4v) is 10.6. The van der Waals surface area contributed by atoms with Crippen molar-refractivity contribution in [2.45, 2.75) is 26.2 Å². The van der Waals surface area contributed by atoms with Gasteiger partial charge >= 0.3 is 0 Å². The van der Waals surface area contributed by atoms with E-state index < -0.39 is 0 Å². The number of para-hydroxylation sites is 5. The Hall–Kier alpha value is -7.30. The van der Waals surface area contributed by atoms with Crippen molar-refractivity contribution < 1.29 is 0 Å². The Labute approximate surface area is 352 Å². The van der Waals surface area contributed by atoms with Crippen molar-refractivity contribution in [2.24, 2.45) is 0 Å². The van der Waals surface area contributed by atoms with Crippen molar-refractivity contribution in [3.63, 3.8) is 0 Å². The van der Waals surface area contributed by atoms with Gasteiger partial charge in [0, 0.05) is 56.3 Å². The first-order valence-corrected chi connectivity index (χ1v) is 21.1. The van der Waals surface area contributed by atoms with Gasteiger partial charge in [0.25, 0.3) is 6.71 Å². The van der Waals surface area contributed by atoms with Crippen molar-refractivity contribution in [3.8, 4) is 11.1 Å². The van der Waals surface area contributed by atoms with Crippen molar-refractivity contribution >= 4 is 85.1 Å². The normalized spacial score (nSPS) is 13.9. The van der Waals surface area contributed by atoms with Crippen LogP contribution in [0.2, 0.25) is 0 Å². The highest BCUT2D eigenvalue weighted by Gasteiger charge is 2.46. The first-order chi connectivity index (χ1) is 29.5. The molecule has 4 heteroatoms. The molecule has 0 aromatic heterocycles. The number of hydrogen-bond acceptors (Lipinski definition) is 3. The van der Waals surface area contributed by atoms with Crippen LogP contribution in [0, 0.1) is 6.92 Å². The van der Waals surface area contributed by atoms with Gasteiger partial charge in [0.15, 0.2) is 0 Å². The molecule has 284 valence electrons. The highest BCUT2D eigenvalue weighted by Crippen LogP contribution is 2.56. The Morgan fingerprint density at radius 2 is 1.02 bits per heavy atom. The lowest BCUT2D eigenvalue weighted by molar-refractivity contribution is 0.661. The lowest BCUT2D eigenvalue weighted by atomic mass is 9.33. The van der Waals surface area contributed by atoms with Gasteiger partial charge in [-0.2, -0.15) is 0 Å². The summed E-state index contributed by atoms with van der Waals surface area (Å²) in [5, 5.41) is 2.51. The van der Waals surface area contributed by atoms with E-state index in [1.807, 2.05) is 0 Å². The molecule has 3 nitrogen and oxygen atoms in total. The molecule has 9 aromatic rings. The summed E-state index contributed by atoms with van der Waals surface area (Å²) in [6.45, 7) is 7.16. The van der Waals surface area contributed by atoms with Crippen LogP contribution < -0.4 is 31.1 Å². The molecule has 0 fully saturated rings. The van der Waals surface area contributed by atoms with Gasteiger partial charge in [-0.25, -0.2) is 0 Å². The van der Waals surface area contributed by atoms with Gasteiger partial charge in [-0.05, 0) is 129 Å². The third-order valence-electron chi connectivity index (χ3n) is 13.3. The monoisotopic (exact) mass is 767 g/mol. The number of fused-ring (bicyclic) bond motifs is 9. The maximum atomic E-state index is 2.59. The van der Waals surface area contributed by atoms with Crippen LogP contribution in [0.5, 0.6) is 0 Å². The summed E-state index contributed by atoms with van der Waals surface area (Å²) >= 11 is 0. The Bertz CT molecular complexity index is 3120. The van der Waals surface area contributed by atoms with Crippen molar-refractivity contribution in [2.75, 3.05) is 14.7 Å². The summed E-state index contributed by atoms with van der Waals surface area (Å²) in [7, 11) is 0. The molecular weight excluding hydrogens is 725 g/mol. The summed E-state index contributed by atoms with van der Waals surface area (Å²) in [6.07, 6.45) is 0. The Balaban J connectivity index is 1.15. The minimum atomic E-state index is -0.283. The van der Waals surface area contributed by atoms with E-state index >= 15 is 0 Å². The second-order valence-electron chi connectivity index (χ2n) is 16.9. The van der Waals surface area contributed by atoms with E-state index in [0.29, 0.717) is 0 Å². The molecule has 2 aliphatic heterocycles. The number of aryl methyl sites for hydroxylation is 1. The lowest BCUT2D eigenvalue weighted by Crippen LogP contribution is -2.61. The largest absolute Gasteiger partial charge is 0.311 e. The second-order valence-corrected chi connectivity index (χ2v) is 16.9. The molecule has 0 unspecified atom stereocenters. The topological polar surface area (TPSA) is 9.72 Å². The maximum Gasteiger partial charge on any atom is 0.252 e. The Morgan fingerprint density at radius 1 is 0.450 bits per heavy atom. The number of rotatable bonds is 5. The predicted molar refractivity (Wildman–Crippen MR) is 255 cm³/mol. The van der Waals surface area contributed by atoms with Gasteiger partial charge in [0.05, 0.1) is 5.69 Å². The number of hydrogen-bond donors (Lipinski definition) is 0. The van der Waals surface area contributed by atoms with Crippen LogP contribution in [0.25, 0.3) is 21.9 Å². The van der Waals surface area contributed by atoms with Gasteiger partial charge in [0.1, 0.15) is 0 Å². The van der Waals surface area contributed by atoms with E-state index in [-0.39, 0.29) is 12.1 Å². The smallest absolute Gasteiger partial charge is 0.252 e. The van der Waals surface area contributed by atoms with Gasteiger partial charge in [-0.1, -0.05) is 141 Å². The van der Waals surface area contributed by atoms with E-state index in [2.05, 4.69) is 236 Å². The molecule has 0 N–H and O–H groups in total. The van der Waals surface area contributed by atoms with E-state index in [1.54, 1.807) is 0 Å². The standard InChI is InChI=1S/C56H42BN3/c1-37-20-13-17-30-48(37)60-51-33-19-32-50-55(51)57(46-29-16-18-31-49(46)59(50)40-25-11-6-12-26-40)47-35-44-43(34-53(47)60)54-42-28-15-14-27-41(42)52(36-45(54)56(44,2)3)58(38-21-7-4-8-22-38)39-23-9-5-10-24-39/h4-36H,1-3H3. The number of benzene rings is 9. The quantitative estimate of drug-likeness (QED) is 0.162. The van der Waals surface area contributed by atoms with Crippen LogP contribution >= 0.6 is 0 Å². The molecule has 60 heavy (non-hydrogen) atoms. The van der Waals surface area contributed by atoms with Crippen LogP contribution in [-0.2, 0) is 5.41 Å². The van der Waals surface area contributed by atoms with E-state index in [9.17, 15) is 0 Å². The van der Waals surface area contributed by atoms with Gasteiger partial charge in [0.2, 0.25) is 0 Å². The molecule has 0 atom stereocenters. The van der Waals surface area contributed by atoms with Crippen LogP contribution in [0.3, 0.4) is 0 Å². The molecule has 0 bridgehead atoms. The molecule has 0 amide bonds. The summed E-state index contributed by atoms with van der Waals surface area (Å²) in [5.41, 5.74) is 21.1. The van der Waals surface area contributed by atoms with Crippen molar-refractivity contribution in [3.05, 3.63) is 217 Å². The molecule has 0 saturated carbocycles. The maximum absolute atomic E-state index is 2.59. The Morgan fingerprint density at radius 3 is 1.72 bits per heavy atom. The van der Waals surface area contributed by atoms with Crippen LogP contribution in [-0.4, -0.2) is 6.71 Å². The van der Waals surface area contributed by atoms with E-state index in [1.165, 1.54) is 94.8 Å². The molecule has 1 aliphatic carbocycles. The minimum absolute atomic E-state index is 0.0476. The minimum Gasteiger partial charge on any atom is -0.311 e. The first-order valence-electron chi connectivity index (χ1n) is 21.1. The predicted octanol–water partition coefficient (Wildman–Crippen LogP) is 13.0. The zero-order valence-corrected chi connectivity index (χ0v) is 34.0. The molecule has 3 aliphatic rings. The molecular formula is C56H42BN3. The highest BCUT2D eigenvalue weighted by atomic mass is 15.2. The molecule has 12 rings (SSSR count). The average Bonchev–Trinajstić information content (AvgIpc) is 3.52. The SMILES string of the molecule is Cc1ccccc1N1c2cc3c(cc2B2c4ccccc4N(c4ccccc4)c4cccc1c42)C(C)(C)c1cc(N(c2ccccc2)c2ccccc2)c2ccccc2c1-3. The summed E-state index contributed by atoms with van der Waals surface area (Å²) in [5.74, 6) is 0. The molecule has 0 spiro atoms. The van der Waals surface area contributed by atoms with E-state index in [4.69, 9.17) is 0 Å². The summed E-state index contributed by atoms with van der Waals surface area (Å²) in [4.78, 5) is 7.46. The summed E-state index contributed by atoms with van der Waals surface area (Å²) < 4.78 is 0. The molecule has 9 aromatic carbocycles. The molecule has 0 radical (unpaired) electrons. The van der Waals surface area contributed by atoms with Gasteiger partial charge in [-0.3, -0.25) is 0 Å². The number of anilines is 9. The van der Waals surface area contributed by atoms with Crippen molar-refractivity contribution in [1.82, 2.24) is 0 Å². The molecule has 2 heterocycles. The van der Waals surface area contributed by atoms with Gasteiger partial charge < -0.3 is 14.7 Å². The van der Waals surface area contributed by atoms with Crippen molar-refractivity contribution in [1.29, 1.82) is 0 Å². The Kier molecular flexibility index (Phi) is 7.58. The van der Waals surface area contributed by atoms with Crippen LogP contribution in [0.4, 0.5) is 51.2 Å². The highest BCUT2D eigenvalue weighted by molar-refractivity contribution is 7.00. The zero-order chi connectivity index (χ0) is 40.1. The fourth-order valence-electron chi connectivity index (χ4n) is 10.6. The zero-order valence-electron chi connectivity index (χ0n) is 34.0. The third-order valence-corrected chi connectivity index (χ3v) is 13.3. The van der Waals surface area contributed by atoms with Crippen LogP contribution in [0.15, 0.2) is 200 Å². The third kappa shape index (κ3) is 4.91. The second kappa shape index (κ2) is 13.1. The summed E-state index contributed by atoms with van der Waals surface area (Å²) in [6, 6.07) is 74.0. The van der Waals surface area contributed by atoms with Crippen LogP contribution in [0.1, 0.15) is 30.5 Å². The molecule has 0 saturated heterocycles.